The van der Waals surface area contributed by atoms with Crippen molar-refractivity contribution in [1.82, 2.24) is 20.4 Å². The van der Waals surface area contributed by atoms with Gasteiger partial charge in [0.15, 0.2) is 0 Å². The Balaban J connectivity index is 2.10. The molecule has 0 radical (unpaired) electrons. The van der Waals surface area contributed by atoms with E-state index < -0.39 is 5.54 Å². The van der Waals surface area contributed by atoms with E-state index in [0.717, 1.165) is 45.7 Å². The van der Waals surface area contributed by atoms with Gasteiger partial charge in [-0.25, -0.2) is 0 Å². The summed E-state index contributed by atoms with van der Waals surface area (Å²) in [5, 5.41) is 5.99. The van der Waals surface area contributed by atoms with Gasteiger partial charge in [-0.2, -0.15) is 0 Å². The molecule has 0 spiro atoms. The summed E-state index contributed by atoms with van der Waals surface area (Å²) in [4.78, 5) is 16.6. The number of rotatable bonds is 6. The van der Waals surface area contributed by atoms with Gasteiger partial charge in [-0.3, -0.25) is 4.79 Å². The fraction of sp³-hybridized carbons (Fsp3) is 0.923. The molecule has 0 saturated carbocycles. The molecule has 0 bridgehead atoms. The Labute approximate surface area is 111 Å². The summed E-state index contributed by atoms with van der Waals surface area (Å²) in [7, 11) is 3.97. The first-order valence-electron chi connectivity index (χ1n) is 6.84. The number of carbonyl (C=O) groups excluding carboxylic acids is 1. The number of piperazine rings is 1. The Bertz CT molecular complexity index is 260. The van der Waals surface area contributed by atoms with Gasteiger partial charge in [-0.15, -0.1) is 0 Å². The Morgan fingerprint density at radius 2 is 1.83 bits per heavy atom. The van der Waals surface area contributed by atoms with Crippen LogP contribution in [0, 0.1) is 0 Å². The third kappa shape index (κ3) is 4.92. The van der Waals surface area contributed by atoms with Crippen LogP contribution in [-0.2, 0) is 4.79 Å². The minimum absolute atomic E-state index is 0.0726. The van der Waals surface area contributed by atoms with Crippen LogP contribution in [0.4, 0.5) is 0 Å². The van der Waals surface area contributed by atoms with Crippen LogP contribution in [-0.4, -0.2) is 74.6 Å². The summed E-state index contributed by atoms with van der Waals surface area (Å²) in [6.07, 6.45) is 1.02. The van der Waals surface area contributed by atoms with E-state index in [4.69, 9.17) is 0 Å². The fourth-order valence-corrected chi connectivity index (χ4v) is 1.91. The number of carbonyl (C=O) groups is 1. The number of likely N-dealkylation sites (N-methyl/N-ethyl adjacent to an activating group) is 2. The molecule has 0 aromatic heterocycles. The summed E-state index contributed by atoms with van der Waals surface area (Å²) in [6, 6.07) is 0. The maximum Gasteiger partial charge on any atom is 0.239 e. The summed E-state index contributed by atoms with van der Waals surface area (Å²) < 4.78 is 0. The SMILES string of the molecule is CNC(C)(C)C(=O)NCCCN1CCN(C)CC1. The van der Waals surface area contributed by atoms with Gasteiger partial charge in [0, 0.05) is 32.7 Å². The van der Waals surface area contributed by atoms with Crippen LogP contribution in [0.1, 0.15) is 20.3 Å². The normalized spacial score (nSPS) is 18.9. The smallest absolute Gasteiger partial charge is 0.239 e. The molecule has 1 saturated heterocycles. The van der Waals surface area contributed by atoms with Gasteiger partial charge >= 0.3 is 0 Å². The van der Waals surface area contributed by atoms with E-state index in [1.54, 1.807) is 0 Å². The first-order valence-corrected chi connectivity index (χ1v) is 6.84. The van der Waals surface area contributed by atoms with E-state index in [1.165, 1.54) is 0 Å². The molecule has 5 nitrogen and oxygen atoms in total. The van der Waals surface area contributed by atoms with E-state index in [1.807, 2.05) is 20.9 Å². The van der Waals surface area contributed by atoms with Crippen molar-refractivity contribution in [1.29, 1.82) is 0 Å². The molecule has 5 heteroatoms. The average molecular weight is 256 g/mol. The summed E-state index contributed by atoms with van der Waals surface area (Å²) in [5.74, 6) is 0.0726. The van der Waals surface area contributed by atoms with E-state index in [9.17, 15) is 4.79 Å². The highest BCUT2D eigenvalue weighted by molar-refractivity contribution is 5.85. The minimum Gasteiger partial charge on any atom is -0.354 e. The van der Waals surface area contributed by atoms with Crippen molar-refractivity contribution in [2.45, 2.75) is 25.8 Å². The molecule has 18 heavy (non-hydrogen) atoms. The second kappa shape index (κ2) is 7.07. The van der Waals surface area contributed by atoms with Crippen LogP contribution in [0.5, 0.6) is 0 Å². The van der Waals surface area contributed by atoms with Crippen molar-refractivity contribution >= 4 is 5.91 Å². The summed E-state index contributed by atoms with van der Waals surface area (Å²) in [5.41, 5.74) is -0.478. The van der Waals surface area contributed by atoms with Crippen LogP contribution >= 0.6 is 0 Å². The van der Waals surface area contributed by atoms with Crippen LogP contribution in [0.25, 0.3) is 0 Å². The summed E-state index contributed by atoms with van der Waals surface area (Å²) >= 11 is 0. The van der Waals surface area contributed by atoms with Gasteiger partial charge in [0.2, 0.25) is 5.91 Å². The van der Waals surface area contributed by atoms with Crippen LogP contribution in [0.15, 0.2) is 0 Å². The molecule has 0 unspecified atom stereocenters. The standard InChI is InChI=1S/C13H28N4O/c1-13(2,14-3)12(18)15-6-5-7-17-10-8-16(4)9-11-17/h14H,5-11H2,1-4H3,(H,15,18). The number of amides is 1. The molecule has 1 aliphatic heterocycles. The summed E-state index contributed by atoms with van der Waals surface area (Å²) in [6.45, 7) is 10.2. The maximum atomic E-state index is 11.8. The highest BCUT2D eigenvalue weighted by Gasteiger charge is 2.24. The van der Waals surface area contributed by atoms with Crippen LogP contribution in [0.2, 0.25) is 0 Å². The largest absolute Gasteiger partial charge is 0.354 e. The average Bonchev–Trinajstić information content (AvgIpc) is 2.36. The lowest BCUT2D eigenvalue weighted by Gasteiger charge is -2.32. The predicted octanol–water partition coefficient (Wildman–Crippen LogP) is -0.262. The van der Waals surface area contributed by atoms with E-state index in [-0.39, 0.29) is 5.91 Å². The monoisotopic (exact) mass is 256 g/mol. The molecular formula is C13H28N4O. The third-order valence-electron chi connectivity index (χ3n) is 3.73. The topological polar surface area (TPSA) is 47.6 Å². The van der Waals surface area contributed by atoms with Gasteiger partial charge in [0.25, 0.3) is 0 Å². The van der Waals surface area contributed by atoms with Crippen molar-refractivity contribution in [3.05, 3.63) is 0 Å². The van der Waals surface area contributed by atoms with Crippen molar-refractivity contribution in [2.75, 3.05) is 53.4 Å². The van der Waals surface area contributed by atoms with Gasteiger partial charge < -0.3 is 20.4 Å². The predicted molar refractivity (Wildman–Crippen MR) is 74.7 cm³/mol. The molecule has 1 fully saturated rings. The fourth-order valence-electron chi connectivity index (χ4n) is 1.91. The Hall–Kier alpha value is -0.650. The molecule has 1 amide bonds. The maximum absolute atomic E-state index is 11.8. The van der Waals surface area contributed by atoms with Gasteiger partial charge in [0.1, 0.15) is 0 Å². The number of nitrogens with zero attached hydrogens (tertiary/aromatic N) is 2. The molecule has 0 aromatic carbocycles. The number of hydrogen-bond donors (Lipinski definition) is 2. The van der Waals surface area contributed by atoms with E-state index in [0.29, 0.717) is 0 Å². The van der Waals surface area contributed by atoms with Gasteiger partial charge in [-0.05, 0) is 40.9 Å². The van der Waals surface area contributed by atoms with Gasteiger partial charge in [-0.1, -0.05) is 0 Å². The lowest BCUT2D eigenvalue weighted by Crippen LogP contribution is -2.51. The lowest BCUT2D eigenvalue weighted by molar-refractivity contribution is -0.126. The van der Waals surface area contributed by atoms with Crippen LogP contribution in [0.3, 0.4) is 0 Å². The van der Waals surface area contributed by atoms with Crippen molar-refractivity contribution in [3.8, 4) is 0 Å². The second-order valence-electron chi connectivity index (χ2n) is 5.63. The van der Waals surface area contributed by atoms with Crippen molar-refractivity contribution < 1.29 is 4.79 Å². The zero-order valence-electron chi connectivity index (χ0n) is 12.3. The minimum atomic E-state index is -0.478. The molecule has 1 aliphatic rings. The lowest BCUT2D eigenvalue weighted by atomic mass is 10.1. The zero-order valence-corrected chi connectivity index (χ0v) is 12.3. The first-order chi connectivity index (χ1) is 8.45. The zero-order chi connectivity index (χ0) is 13.6. The van der Waals surface area contributed by atoms with E-state index in [2.05, 4.69) is 27.5 Å². The van der Waals surface area contributed by atoms with E-state index >= 15 is 0 Å². The highest BCUT2D eigenvalue weighted by atomic mass is 16.2. The molecule has 0 atom stereocenters. The van der Waals surface area contributed by atoms with Crippen molar-refractivity contribution in [2.24, 2.45) is 0 Å². The molecule has 0 aliphatic carbocycles. The Kier molecular flexibility index (Phi) is 6.05. The molecule has 2 N–H and O–H groups in total. The molecular weight excluding hydrogens is 228 g/mol. The quantitative estimate of drug-likeness (QED) is 0.643. The second-order valence-corrected chi connectivity index (χ2v) is 5.63. The molecule has 106 valence electrons. The highest BCUT2D eigenvalue weighted by Crippen LogP contribution is 2.01. The van der Waals surface area contributed by atoms with Gasteiger partial charge in [0.05, 0.1) is 5.54 Å². The molecule has 1 rings (SSSR count). The Morgan fingerprint density at radius 3 is 2.39 bits per heavy atom. The Morgan fingerprint density at radius 1 is 1.22 bits per heavy atom. The van der Waals surface area contributed by atoms with Crippen LogP contribution < -0.4 is 10.6 Å². The number of nitrogens with one attached hydrogen (secondary N) is 2. The third-order valence-corrected chi connectivity index (χ3v) is 3.73. The number of hydrogen-bond acceptors (Lipinski definition) is 4. The first kappa shape index (κ1) is 15.4. The van der Waals surface area contributed by atoms with Crippen molar-refractivity contribution in [3.63, 3.8) is 0 Å². The molecule has 1 heterocycles. The molecule has 0 aromatic rings.